The summed E-state index contributed by atoms with van der Waals surface area (Å²) in [5, 5.41) is 0. The zero-order chi connectivity index (χ0) is 10.0. The lowest BCUT2D eigenvalue weighted by molar-refractivity contribution is -0.149. The molecule has 0 aromatic rings. The Hall–Kier alpha value is -0.530. The fourth-order valence-corrected chi connectivity index (χ4v) is 2.23. The van der Waals surface area contributed by atoms with Crippen molar-refractivity contribution in [3.8, 4) is 0 Å². The number of ether oxygens (including phenoxy) is 1. The fraction of sp³-hybridized carbons (Fsp3) is 0.917. The molecular formula is C12H20O2. The highest BCUT2D eigenvalue weighted by Gasteiger charge is 2.34. The van der Waals surface area contributed by atoms with Gasteiger partial charge >= 0.3 is 5.97 Å². The lowest BCUT2D eigenvalue weighted by Crippen LogP contribution is -2.28. The van der Waals surface area contributed by atoms with Gasteiger partial charge < -0.3 is 4.74 Å². The molecule has 2 nitrogen and oxygen atoms in total. The van der Waals surface area contributed by atoms with Crippen LogP contribution >= 0.6 is 0 Å². The van der Waals surface area contributed by atoms with Crippen molar-refractivity contribution >= 4 is 5.97 Å². The highest BCUT2D eigenvalue weighted by molar-refractivity contribution is 5.74. The van der Waals surface area contributed by atoms with Gasteiger partial charge in [-0.15, -0.1) is 0 Å². The molecule has 0 atom stereocenters. The number of esters is 1. The largest absolute Gasteiger partial charge is 0.465 e. The van der Waals surface area contributed by atoms with Crippen LogP contribution in [0.5, 0.6) is 0 Å². The van der Waals surface area contributed by atoms with E-state index in [-0.39, 0.29) is 17.3 Å². The molecule has 2 aliphatic rings. The van der Waals surface area contributed by atoms with E-state index < -0.39 is 0 Å². The van der Waals surface area contributed by atoms with Crippen LogP contribution in [-0.2, 0) is 9.53 Å². The molecule has 2 aliphatic carbocycles. The average Bonchev–Trinajstić information content (AvgIpc) is 2.99. The minimum atomic E-state index is 0.0526. The van der Waals surface area contributed by atoms with Crippen molar-refractivity contribution in [3.05, 3.63) is 0 Å². The van der Waals surface area contributed by atoms with Gasteiger partial charge in [0, 0.05) is 5.41 Å². The van der Waals surface area contributed by atoms with Gasteiger partial charge in [0.05, 0.1) is 12.5 Å². The second kappa shape index (κ2) is 3.92. The molecule has 0 heterocycles. The maximum absolute atomic E-state index is 11.4. The van der Waals surface area contributed by atoms with Gasteiger partial charge in [-0.05, 0) is 25.7 Å². The van der Waals surface area contributed by atoms with E-state index in [2.05, 4.69) is 6.92 Å². The lowest BCUT2D eigenvalue weighted by atomic mass is 9.76. The van der Waals surface area contributed by atoms with E-state index >= 15 is 0 Å². The molecule has 0 bridgehead atoms. The van der Waals surface area contributed by atoms with Crippen molar-refractivity contribution in [2.24, 2.45) is 11.3 Å². The molecule has 0 radical (unpaired) electrons. The Morgan fingerprint density at radius 3 is 2.50 bits per heavy atom. The molecule has 0 saturated heterocycles. The number of rotatable bonds is 3. The quantitative estimate of drug-likeness (QED) is 0.649. The van der Waals surface area contributed by atoms with E-state index in [9.17, 15) is 4.79 Å². The summed E-state index contributed by atoms with van der Waals surface area (Å²) in [5.41, 5.74) is 0.281. The first kappa shape index (κ1) is 10.0. The van der Waals surface area contributed by atoms with Crippen molar-refractivity contribution in [2.45, 2.75) is 51.9 Å². The molecule has 80 valence electrons. The number of hydrogen-bond acceptors (Lipinski definition) is 2. The molecule has 2 rings (SSSR count). The minimum Gasteiger partial charge on any atom is -0.465 e. The molecule has 0 N–H and O–H groups in total. The molecule has 0 aliphatic heterocycles. The molecule has 0 aromatic heterocycles. The Balaban J connectivity index is 1.74. The lowest BCUT2D eigenvalue weighted by Gasteiger charge is -2.32. The van der Waals surface area contributed by atoms with Crippen molar-refractivity contribution in [3.63, 3.8) is 0 Å². The maximum Gasteiger partial charge on any atom is 0.308 e. The van der Waals surface area contributed by atoms with E-state index in [1.807, 2.05) is 0 Å². The summed E-state index contributed by atoms with van der Waals surface area (Å²) in [6.07, 6.45) is 8.52. The predicted molar refractivity (Wildman–Crippen MR) is 54.9 cm³/mol. The summed E-state index contributed by atoms with van der Waals surface area (Å²) in [4.78, 5) is 11.4. The molecule has 14 heavy (non-hydrogen) atoms. The third-order valence-corrected chi connectivity index (χ3v) is 3.53. The highest BCUT2D eigenvalue weighted by atomic mass is 16.5. The minimum absolute atomic E-state index is 0.0526. The third kappa shape index (κ3) is 2.49. The van der Waals surface area contributed by atoms with Gasteiger partial charge in [-0.3, -0.25) is 4.79 Å². The van der Waals surface area contributed by atoms with Crippen LogP contribution in [0, 0.1) is 11.3 Å². The maximum atomic E-state index is 11.4. The van der Waals surface area contributed by atoms with Crippen molar-refractivity contribution in [1.82, 2.24) is 0 Å². The van der Waals surface area contributed by atoms with E-state index in [1.54, 1.807) is 0 Å². The van der Waals surface area contributed by atoms with E-state index in [1.165, 1.54) is 32.1 Å². The zero-order valence-corrected chi connectivity index (χ0v) is 9.05. The SMILES string of the molecule is CC1(COC(=O)C2CC2)CCCCC1. The Labute approximate surface area is 86.0 Å². The van der Waals surface area contributed by atoms with Gasteiger partial charge in [0.1, 0.15) is 0 Å². The number of carbonyl (C=O) groups excluding carboxylic acids is 1. The number of hydrogen-bond donors (Lipinski definition) is 0. The fourth-order valence-electron chi connectivity index (χ4n) is 2.23. The molecular weight excluding hydrogens is 176 g/mol. The Morgan fingerprint density at radius 1 is 1.29 bits per heavy atom. The normalized spacial score (nSPS) is 25.8. The van der Waals surface area contributed by atoms with E-state index in [0.29, 0.717) is 6.61 Å². The van der Waals surface area contributed by atoms with Crippen LogP contribution in [0.25, 0.3) is 0 Å². The third-order valence-electron chi connectivity index (χ3n) is 3.53. The molecule has 0 amide bonds. The molecule has 2 heteroatoms. The van der Waals surface area contributed by atoms with Crippen LogP contribution < -0.4 is 0 Å². The molecule has 2 saturated carbocycles. The van der Waals surface area contributed by atoms with Crippen LogP contribution in [-0.4, -0.2) is 12.6 Å². The Morgan fingerprint density at radius 2 is 1.93 bits per heavy atom. The summed E-state index contributed by atoms with van der Waals surface area (Å²) >= 11 is 0. The first-order valence-corrected chi connectivity index (χ1v) is 5.86. The standard InChI is InChI=1S/C12H20O2/c1-12(7-3-2-4-8-12)9-14-11(13)10-5-6-10/h10H,2-9H2,1H3. The first-order chi connectivity index (χ1) is 6.70. The van der Waals surface area contributed by atoms with Gasteiger partial charge in [-0.2, -0.15) is 0 Å². The van der Waals surface area contributed by atoms with Gasteiger partial charge in [0.2, 0.25) is 0 Å². The smallest absolute Gasteiger partial charge is 0.308 e. The van der Waals surface area contributed by atoms with Crippen LogP contribution in [0.4, 0.5) is 0 Å². The predicted octanol–water partition coefficient (Wildman–Crippen LogP) is 2.91. The van der Waals surface area contributed by atoms with Crippen LogP contribution in [0.3, 0.4) is 0 Å². The highest BCUT2D eigenvalue weighted by Crippen LogP contribution is 2.37. The summed E-state index contributed by atoms with van der Waals surface area (Å²) in [5.74, 6) is 0.305. The summed E-state index contributed by atoms with van der Waals surface area (Å²) in [6.45, 7) is 2.91. The van der Waals surface area contributed by atoms with Crippen LogP contribution in [0.1, 0.15) is 51.9 Å². The van der Waals surface area contributed by atoms with Gasteiger partial charge in [-0.1, -0.05) is 26.2 Å². The summed E-state index contributed by atoms with van der Waals surface area (Å²) in [6, 6.07) is 0. The summed E-state index contributed by atoms with van der Waals surface area (Å²) < 4.78 is 5.37. The topological polar surface area (TPSA) is 26.3 Å². The van der Waals surface area contributed by atoms with Crippen molar-refractivity contribution in [2.75, 3.05) is 6.61 Å². The Kier molecular flexibility index (Phi) is 2.80. The second-order valence-corrected chi connectivity index (χ2v) is 5.25. The number of carbonyl (C=O) groups is 1. The van der Waals surface area contributed by atoms with Gasteiger partial charge in [0.25, 0.3) is 0 Å². The molecule has 0 aromatic carbocycles. The molecule has 0 spiro atoms. The monoisotopic (exact) mass is 196 g/mol. The van der Waals surface area contributed by atoms with Crippen molar-refractivity contribution < 1.29 is 9.53 Å². The van der Waals surface area contributed by atoms with Crippen LogP contribution in [0.15, 0.2) is 0 Å². The van der Waals surface area contributed by atoms with Crippen molar-refractivity contribution in [1.29, 1.82) is 0 Å². The summed E-state index contributed by atoms with van der Waals surface area (Å²) in [7, 11) is 0. The van der Waals surface area contributed by atoms with Gasteiger partial charge in [-0.25, -0.2) is 0 Å². The van der Waals surface area contributed by atoms with E-state index in [4.69, 9.17) is 4.74 Å². The first-order valence-electron chi connectivity index (χ1n) is 5.86. The van der Waals surface area contributed by atoms with Gasteiger partial charge in [0.15, 0.2) is 0 Å². The molecule has 0 unspecified atom stereocenters. The van der Waals surface area contributed by atoms with E-state index in [0.717, 1.165) is 12.8 Å². The average molecular weight is 196 g/mol. The Bertz CT molecular complexity index is 212. The second-order valence-electron chi connectivity index (χ2n) is 5.25. The van der Waals surface area contributed by atoms with Crippen LogP contribution in [0.2, 0.25) is 0 Å². The zero-order valence-electron chi connectivity index (χ0n) is 9.05. The molecule has 2 fully saturated rings.